The number of hydrogen-bond donors (Lipinski definition) is 1. The zero-order chi connectivity index (χ0) is 19.7. The fourth-order valence-electron chi connectivity index (χ4n) is 3.40. The molecule has 2 heterocycles. The third-order valence-corrected chi connectivity index (χ3v) is 4.61. The maximum Gasteiger partial charge on any atom is 0.257 e. The maximum atomic E-state index is 13.1. The number of rotatable bonds is 3. The Morgan fingerprint density at radius 2 is 1.64 bits per heavy atom. The van der Waals surface area contributed by atoms with Gasteiger partial charge in [0.25, 0.3) is 5.91 Å². The van der Waals surface area contributed by atoms with Crippen LogP contribution in [0.15, 0.2) is 66.7 Å². The van der Waals surface area contributed by atoms with Crippen molar-refractivity contribution in [1.29, 1.82) is 0 Å². The Kier molecular flexibility index (Phi) is 4.62. The number of pyridine rings is 2. The number of carbonyl (C=O) groups is 1. The monoisotopic (exact) mass is 367 g/mol. The van der Waals surface area contributed by atoms with Crippen LogP contribution < -0.4 is 5.32 Å². The second-order valence-corrected chi connectivity index (χ2v) is 7.07. The predicted molar refractivity (Wildman–Crippen MR) is 114 cm³/mol. The van der Waals surface area contributed by atoms with Gasteiger partial charge in [-0.3, -0.25) is 4.79 Å². The average molecular weight is 367 g/mol. The van der Waals surface area contributed by atoms with Crippen molar-refractivity contribution in [3.05, 3.63) is 89.1 Å². The van der Waals surface area contributed by atoms with Crippen LogP contribution in [-0.2, 0) is 0 Å². The van der Waals surface area contributed by atoms with E-state index in [4.69, 9.17) is 4.98 Å². The van der Waals surface area contributed by atoms with Gasteiger partial charge in [0.2, 0.25) is 0 Å². The van der Waals surface area contributed by atoms with E-state index in [0.29, 0.717) is 11.4 Å². The number of benzene rings is 2. The largest absolute Gasteiger partial charge is 0.307 e. The first-order valence-electron chi connectivity index (χ1n) is 9.23. The normalized spacial score (nSPS) is 10.8. The van der Waals surface area contributed by atoms with Gasteiger partial charge < -0.3 is 5.32 Å². The fraction of sp³-hybridized carbons (Fsp3) is 0.125. The van der Waals surface area contributed by atoms with E-state index in [2.05, 4.69) is 16.4 Å². The number of carbonyl (C=O) groups excluding carboxylic acids is 1. The van der Waals surface area contributed by atoms with E-state index in [9.17, 15) is 4.79 Å². The van der Waals surface area contributed by atoms with Gasteiger partial charge in [0.15, 0.2) is 0 Å². The van der Waals surface area contributed by atoms with Crippen LogP contribution in [-0.4, -0.2) is 15.9 Å². The lowest BCUT2D eigenvalue weighted by molar-refractivity contribution is 0.102. The summed E-state index contributed by atoms with van der Waals surface area (Å²) in [6, 6.07) is 21.5. The highest BCUT2D eigenvalue weighted by molar-refractivity contribution is 6.12. The summed E-state index contributed by atoms with van der Waals surface area (Å²) < 4.78 is 0. The second-order valence-electron chi connectivity index (χ2n) is 7.07. The number of amides is 1. The van der Waals surface area contributed by atoms with Crippen LogP contribution in [0.1, 0.15) is 27.2 Å². The molecule has 4 rings (SSSR count). The van der Waals surface area contributed by atoms with Crippen LogP contribution in [0.3, 0.4) is 0 Å². The van der Waals surface area contributed by atoms with Gasteiger partial charge in [-0.2, -0.15) is 0 Å². The first kappa shape index (κ1) is 17.9. The molecule has 1 N–H and O–H groups in total. The molecule has 0 spiro atoms. The van der Waals surface area contributed by atoms with Gasteiger partial charge >= 0.3 is 0 Å². The Morgan fingerprint density at radius 1 is 0.821 bits per heavy atom. The van der Waals surface area contributed by atoms with E-state index < -0.39 is 0 Å². The Bertz CT molecular complexity index is 1180. The lowest BCUT2D eigenvalue weighted by atomic mass is 10.0. The molecule has 0 aliphatic carbocycles. The number of para-hydroxylation sites is 1. The first-order valence-corrected chi connectivity index (χ1v) is 9.23. The predicted octanol–water partition coefficient (Wildman–Crippen LogP) is 5.47. The Labute approximate surface area is 164 Å². The molecule has 0 bridgehead atoms. The summed E-state index contributed by atoms with van der Waals surface area (Å²) in [7, 11) is 0. The Balaban J connectivity index is 1.81. The van der Waals surface area contributed by atoms with Gasteiger partial charge in [-0.25, -0.2) is 9.97 Å². The van der Waals surface area contributed by atoms with Crippen molar-refractivity contribution in [2.24, 2.45) is 0 Å². The fourth-order valence-corrected chi connectivity index (χ4v) is 3.40. The molecule has 4 aromatic rings. The molecule has 4 heteroatoms. The van der Waals surface area contributed by atoms with Crippen LogP contribution in [0, 0.1) is 20.8 Å². The summed E-state index contributed by atoms with van der Waals surface area (Å²) in [5.41, 5.74) is 6.23. The number of hydrogen-bond acceptors (Lipinski definition) is 3. The summed E-state index contributed by atoms with van der Waals surface area (Å²) in [5, 5.41) is 3.76. The number of anilines is 1. The minimum atomic E-state index is -0.190. The van der Waals surface area contributed by atoms with E-state index in [1.54, 1.807) is 0 Å². The third-order valence-electron chi connectivity index (χ3n) is 4.61. The molecule has 0 unspecified atom stereocenters. The second kappa shape index (κ2) is 7.24. The third kappa shape index (κ3) is 3.62. The number of aromatic nitrogens is 2. The van der Waals surface area contributed by atoms with Crippen LogP contribution in [0.25, 0.3) is 22.2 Å². The van der Waals surface area contributed by atoms with Gasteiger partial charge in [0, 0.05) is 16.6 Å². The van der Waals surface area contributed by atoms with E-state index in [1.165, 1.54) is 0 Å². The molecule has 0 atom stereocenters. The molecular weight excluding hydrogens is 346 g/mol. The highest BCUT2D eigenvalue weighted by Gasteiger charge is 2.15. The SMILES string of the molecule is Cc1cccc(-c2cc(C(=O)Nc3cc(C)cc(C)n3)c3ccccc3n2)c1. The van der Waals surface area contributed by atoms with Crippen molar-refractivity contribution >= 4 is 22.6 Å². The topological polar surface area (TPSA) is 54.9 Å². The molecule has 28 heavy (non-hydrogen) atoms. The van der Waals surface area contributed by atoms with E-state index in [-0.39, 0.29) is 5.91 Å². The minimum Gasteiger partial charge on any atom is -0.307 e. The van der Waals surface area contributed by atoms with Crippen molar-refractivity contribution < 1.29 is 4.79 Å². The molecule has 0 fully saturated rings. The van der Waals surface area contributed by atoms with Crippen molar-refractivity contribution in [3.63, 3.8) is 0 Å². The molecule has 138 valence electrons. The standard InChI is InChI=1S/C24H21N3O/c1-15-7-6-8-18(12-15)22-14-20(19-9-4-5-10-21(19)26-22)24(28)27-23-13-16(2)11-17(3)25-23/h4-14H,1-3H3,(H,25,27,28). The van der Waals surface area contributed by atoms with E-state index >= 15 is 0 Å². The zero-order valence-corrected chi connectivity index (χ0v) is 16.2. The number of nitrogens with one attached hydrogen (secondary N) is 1. The molecule has 0 aliphatic rings. The lowest BCUT2D eigenvalue weighted by Gasteiger charge is -2.11. The van der Waals surface area contributed by atoms with E-state index in [0.717, 1.165) is 39.0 Å². The van der Waals surface area contributed by atoms with Gasteiger partial charge in [-0.15, -0.1) is 0 Å². The van der Waals surface area contributed by atoms with Crippen LogP contribution >= 0.6 is 0 Å². The van der Waals surface area contributed by atoms with Crippen molar-refractivity contribution in [1.82, 2.24) is 9.97 Å². The smallest absolute Gasteiger partial charge is 0.257 e. The number of nitrogens with zero attached hydrogens (tertiary/aromatic N) is 2. The molecule has 4 nitrogen and oxygen atoms in total. The molecule has 2 aromatic heterocycles. The van der Waals surface area contributed by atoms with E-state index in [1.807, 2.05) is 81.4 Å². The lowest BCUT2D eigenvalue weighted by Crippen LogP contribution is -2.14. The van der Waals surface area contributed by atoms with Crippen molar-refractivity contribution in [3.8, 4) is 11.3 Å². The summed E-state index contributed by atoms with van der Waals surface area (Å²) in [5.74, 6) is 0.366. The number of aryl methyl sites for hydroxylation is 3. The van der Waals surface area contributed by atoms with Gasteiger partial charge in [-0.1, -0.05) is 42.0 Å². The highest BCUT2D eigenvalue weighted by Crippen LogP contribution is 2.26. The Hall–Kier alpha value is -3.53. The molecule has 0 aliphatic heterocycles. The van der Waals surface area contributed by atoms with Crippen molar-refractivity contribution in [2.75, 3.05) is 5.32 Å². The van der Waals surface area contributed by atoms with Crippen molar-refractivity contribution in [2.45, 2.75) is 20.8 Å². The Morgan fingerprint density at radius 3 is 2.43 bits per heavy atom. The maximum absolute atomic E-state index is 13.1. The van der Waals surface area contributed by atoms with Gasteiger partial charge in [0.05, 0.1) is 16.8 Å². The summed E-state index contributed by atoms with van der Waals surface area (Å²) >= 11 is 0. The summed E-state index contributed by atoms with van der Waals surface area (Å²) in [4.78, 5) is 22.3. The highest BCUT2D eigenvalue weighted by atomic mass is 16.1. The molecular formula is C24H21N3O. The number of fused-ring (bicyclic) bond motifs is 1. The molecule has 0 saturated carbocycles. The average Bonchev–Trinajstić information content (AvgIpc) is 2.66. The molecule has 0 saturated heterocycles. The zero-order valence-electron chi connectivity index (χ0n) is 16.2. The van der Waals surface area contributed by atoms with Crippen LogP contribution in [0.4, 0.5) is 5.82 Å². The molecule has 2 aromatic carbocycles. The first-order chi connectivity index (χ1) is 13.5. The summed E-state index contributed by atoms with van der Waals surface area (Å²) in [6.07, 6.45) is 0. The minimum absolute atomic E-state index is 0.190. The van der Waals surface area contributed by atoms with Gasteiger partial charge in [0.1, 0.15) is 5.82 Å². The molecule has 1 amide bonds. The molecule has 0 radical (unpaired) electrons. The van der Waals surface area contributed by atoms with Gasteiger partial charge in [-0.05, 0) is 56.7 Å². The summed E-state index contributed by atoms with van der Waals surface area (Å²) in [6.45, 7) is 5.95. The quantitative estimate of drug-likeness (QED) is 0.522. The van der Waals surface area contributed by atoms with Crippen LogP contribution in [0.2, 0.25) is 0 Å². The van der Waals surface area contributed by atoms with Crippen LogP contribution in [0.5, 0.6) is 0 Å².